The highest BCUT2D eigenvalue weighted by molar-refractivity contribution is 14.1. The normalized spacial score (nSPS) is 22.3. The number of likely N-dealkylation sites (tertiary alicyclic amines) is 1. The largest absolute Gasteiger partial charge is 0.504 e. The smallest absolute Gasteiger partial charge is 0.455 e. The van der Waals surface area contributed by atoms with Gasteiger partial charge in [-0.25, -0.2) is 0 Å². The third-order valence-corrected chi connectivity index (χ3v) is 17.2. The predicted octanol–water partition coefficient (Wildman–Crippen LogP) is 6.97. The maximum atomic E-state index is 13.7. The number of fused-ring (bicyclic) bond motifs is 3. The van der Waals surface area contributed by atoms with Crippen LogP contribution in [0.5, 0.6) is 11.5 Å². The van der Waals surface area contributed by atoms with Crippen LogP contribution in [0.15, 0.2) is 89.5 Å². The van der Waals surface area contributed by atoms with Gasteiger partial charge in [-0.05, 0) is 105 Å². The zero-order valence-electron chi connectivity index (χ0n) is 31.6. The molecule has 2 heterocycles. The van der Waals surface area contributed by atoms with Gasteiger partial charge in [-0.15, -0.1) is 0 Å². The molecular formula is C42H51BINO7Si. The molecule has 2 aliphatic heterocycles. The molecule has 8 nitrogen and oxygen atoms in total. The van der Waals surface area contributed by atoms with E-state index >= 15 is 0 Å². The topological polar surface area (TPSA) is 106 Å². The number of hydrogen-bond acceptors (Lipinski definition) is 7. The molecular weight excluding hydrogens is 796 g/mol. The number of ether oxygens (including phenoxy) is 1. The number of phenols is 1. The molecule has 3 aromatic rings. The van der Waals surface area contributed by atoms with Gasteiger partial charge < -0.3 is 23.9 Å². The van der Waals surface area contributed by atoms with Gasteiger partial charge >= 0.3 is 7.12 Å². The molecule has 3 aromatic carbocycles. The summed E-state index contributed by atoms with van der Waals surface area (Å²) in [5.74, 6) is -1.14. The quantitative estimate of drug-likeness (QED) is 0.0879. The van der Waals surface area contributed by atoms with Gasteiger partial charge in [0.05, 0.1) is 35.2 Å². The van der Waals surface area contributed by atoms with Crippen LogP contribution in [0.3, 0.4) is 0 Å². The van der Waals surface area contributed by atoms with E-state index in [-0.39, 0.29) is 34.8 Å². The standard InChI is InChI=1S/C42H51BINO7Si/c1-7-14-27(21-28-22-34(44)39(46)36(23-28)50-6)19-20-35-37-29(24-32-38(33(37)25-43(49)52-35)41(48)45(5)40(32)47)26-51-53(42(2,3)4,30-15-10-8-11-16-30)31-17-12-9-13-18-31/h8-13,15-18,21-23,32-33,35,38,46,49H,7,14,19-20,24-26H2,1-6H3/b27-21+/t32-,33+,35-,38-/m1/s1. The lowest BCUT2D eigenvalue weighted by molar-refractivity contribution is -0.138. The van der Waals surface area contributed by atoms with E-state index in [2.05, 4.69) is 105 Å². The van der Waals surface area contributed by atoms with Crippen LogP contribution in [-0.2, 0) is 18.7 Å². The minimum atomic E-state index is -2.93. The van der Waals surface area contributed by atoms with Gasteiger partial charge in [-0.1, -0.05) is 106 Å². The zero-order valence-corrected chi connectivity index (χ0v) is 34.8. The SMILES string of the molecule is CCC/C(=C\c1cc(I)c(O)c(OC)c1)CC[C@H]1OB(O)C[C@H]2C1=C(CO[Si](c1ccccc1)(c1ccccc1)C(C)(C)C)C[C@H]1C(=O)N(C)C(=O)[C@H]12. The van der Waals surface area contributed by atoms with E-state index in [0.717, 1.165) is 29.6 Å². The first-order chi connectivity index (χ1) is 25.3. The first-order valence-corrected chi connectivity index (χ1v) is 21.7. The van der Waals surface area contributed by atoms with Gasteiger partial charge in [0.25, 0.3) is 8.32 Å². The van der Waals surface area contributed by atoms with Gasteiger partial charge in [-0.3, -0.25) is 14.5 Å². The molecule has 2 fully saturated rings. The fourth-order valence-electron chi connectivity index (χ4n) is 8.99. The Hall–Kier alpha value is -3.23. The van der Waals surface area contributed by atoms with Crippen molar-refractivity contribution in [3.63, 3.8) is 0 Å². The maximum Gasteiger partial charge on any atom is 0.455 e. The van der Waals surface area contributed by atoms with Crippen molar-refractivity contribution in [2.45, 2.75) is 77.3 Å². The Labute approximate surface area is 329 Å². The summed E-state index contributed by atoms with van der Waals surface area (Å²) in [6.07, 6.45) is 5.48. The van der Waals surface area contributed by atoms with Crippen molar-refractivity contribution in [1.82, 2.24) is 4.90 Å². The summed E-state index contributed by atoms with van der Waals surface area (Å²) in [5, 5.41) is 23.7. The van der Waals surface area contributed by atoms with Gasteiger partial charge in [0.2, 0.25) is 11.8 Å². The molecule has 1 aliphatic carbocycles. The van der Waals surface area contributed by atoms with Crippen molar-refractivity contribution in [1.29, 1.82) is 0 Å². The highest BCUT2D eigenvalue weighted by Crippen LogP contribution is 2.51. The van der Waals surface area contributed by atoms with E-state index in [1.165, 1.54) is 20.8 Å². The first kappa shape index (κ1) is 39.5. The summed E-state index contributed by atoms with van der Waals surface area (Å²) in [7, 11) is -0.862. The molecule has 0 spiro atoms. The lowest BCUT2D eigenvalue weighted by Crippen LogP contribution is -2.66. The number of amides is 2. The minimum absolute atomic E-state index is 0.124. The van der Waals surface area contributed by atoms with Gasteiger partial charge in [-0.2, -0.15) is 0 Å². The predicted molar refractivity (Wildman–Crippen MR) is 221 cm³/mol. The summed E-state index contributed by atoms with van der Waals surface area (Å²) in [4.78, 5) is 28.6. The summed E-state index contributed by atoms with van der Waals surface area (Å²) in [6, 6.07) is 24.8. The second-order valence-corrected chi connectivity index (χ2v) is 21.1. The third kappa shape index (κ3) is 7.69. The maximum absolute atomic E-state index is 13.7. The number of nitrogens with zero attached hydrogens (tertiary/aromatic N) is 1. The van der Waals surface area contributed by atoms with E-state index in [1.54, 1.807) is 14.2 Å². The first-order valence-electron chi connectivity index (χ1n) is 18.7. The van der Waals surface area contributed by atoms with Gasteiger partial charge in [0.15, 0.2) is 11.5 Å². The average Bonchev–Trinajstić information content (AvgIpc) is 3.35. The third-order valence-electron chi connectivity index (χ3n) is 11.3. The molecule has 6 rings (SSSR count). The van der Waals surface area contributed by atoms with E-state index in [0.29, 0.717) is 35.2 Å². The Morgan fingerprint density at radius 1 is 1.02 bits per heavy atom. The van der Waals surface area contributed by atoms with Crippen LogP contribution in [0.25, 0.3) is 6.08 Å². The van der Waals surface area contributed by atoms with Crippen LogP contribution in [-0.4, -0.2) is 69.1 Å². The number of imide groups is 1. The summed E-state index contributed by atoms with van der Waals surface area (Å²) >= 11 is 2.11. The minimum Gasteiger partial charge on any atom is -0.504 e. The lowest BCUT2D eigenvalue weighted by Gasteiger charge is -2.46. The van der Waals surface area contributed by atoms with E-state index in [4.69, 9.17) is 13.8 Å². The molecule has 0 unspecified atom stereocenters. The second-order valence-electron chi connectivity index (χ2n) is 15.6. The number of phenolic OH excluding ortho intramolecular Hbond substituents is 1. The molecule has 0 saturated carbocycles. The van der Waals surface area contributed by atoms with Crippen LogP contribution < -0.4 is 15.1 Å². The molecule has 0 aromatic heterocycles. The Morgan fingerprint density at radius 3 is 2.25 bits per heavy atom. The Balaban J connectivity index is 1.42. The number of carbonyl (C=O) groups excluding carboxylic acids is 2. The van der Waals surface area contributed by atoms with E-state index < -0.39 is 33.4 Å². The summed E-state index contributed by atoms with van der Waals surface area (Å²) < 4.78 is 20.0. The number of hydrogen-bond donors (Lipinski definition) is 2. The highest BCUT2D eigenvalue weighted by Gasteiger charge is 2.57. The molecule has 2 saturated heterocycles. The Bertz CT molecular complexity index is 1840. The highest BCUT2D eigenvalue weighted by atomic mass is 127. The average molecular weight is 848 g/mol. The van der Waals surface area contributed by atoms with Crippen molar-refractivity contribution in [3.05, 3.63) is 98.6 Å². The molecule has 4 atom stereocenters. The van der Waals surface area contributed by atoms with Crippen molar-refractivity contribution < 1.29 is 33.5 Å². The Kier molecular flexibility index (Phi) is 12.1. The van der Waals surface area contributed by atoms with E-state index in [1.807, 2.05) is 24.3 Å². The number of methoxy groups -OCH3 is 1. The summed E-state index contributed by atoms with van der Waals surface area (Å²) in [5.41, 5.74) is 4.17. The second kappa shape index (κ2) is 16.2. The van der Waals surface area contributed by atoms with Crippen LogP contribution in [0.1, 0.15) is 65.4 Å². The molecule has 3 aliphatic rings. The van der Waals surface area contributed by atoms with Crippen molar-refractivity contribution in [3.8, 4) is 11.5 Å². The molecule has 0 radical (unpaired) electrons. The number of carbonyl (C=O) groups is 2. The Morgan fingerprint density at radius 2 is 1.66 bits per heavy atom. The molecule has 53 heavy (non-hydrogen) atoms. The van der Waals surface area contributed by atoms with Crippen LogP contribution in [0, 0.1) is 21.3 Å². The van der Waals surface area contributed by atoms with Crippen molar-refractivity contribution >= 4 is 66.3 Å². The number of aromatic hydroxyl groups is 1. The summed E-state index contributed by atoms with van der Waals surface area (Å²) in [6.45, 7) is 9.20. The fraction of sp³-hybridized carbons (Fsp3) is 0.429. The molecule has 2 amide bonds. The van der Waals surface area contributed by atoms with E-state index in [9.17, 15) is 19.7 Å². The molecule has 0 bridgehead atoms. The molecule has 11 heteroatoms. The van der Waals surface area contributed by atoms with Crippen molar-refractivity contribution in [2.75, 3.05) is 20.8 Å². The van der Waals surface area contributed by atoms with Gasteiger partial charge in [0.1, 0.15) is 0 Å². The number of allylic oxidation sites excluding steroid dienone is 1. The van der Waals surface area contributed by atoms with Crippen LogP contribution in [0.4, 0.5) is 0 Å². The lowest BCUT2D eigenvalue weighted by atomic mass is 9.58. The number of halogens is 1. The molecule has 280 valence electrons. The number of rotatable bonds is 12. The monoisotopic (exact) mass is 847 g/mol. The molecule has 2 N–H and O–H groups in total. The van der Waals surface area contributed by atoms with Crippen LogP contribution >= 0.6 is 22.6 Å². The number of benzene rings is 3. The zero-order chi connectivity index (χ0) is 38.1. The van der Waals surface area contributed by atoms with Crippen LogP contribution in [0.2, 0.25) is 11.4 Å². The fourth-order valence-corrected chi connectivity index (χ4v) is 14.2. The van der Waals surface area contributed by atoms with Crippen molar-refractivity contribution in [2.24, 2.45) is 17.8 Å². The van der Waals surface area contributed by atoms with Gasteiger partial charge in [0, 0.05) is 7.05 Å².